The molecular weight excluding hydrogens is 254 g/mol. The van der Waals surface area contributed by atoms with Crippen LogP contribution in [0.1, 0.15) is 26.2 Å². The minimum atomic E-state index is -2.75. The Hall–Kier alpha value is 0.260. The van der Waals surface area contributed by atoms with Crippen LogP contribution in [-0.4, -0.2) is 56.5 Å². The highest BCUT2D eigenvalue weighted by Gasteiger charge is 2.26. The summed E-state index contributed by atoms with van der Waals surface area (Å²) in [5, 5.41) is 0. The minimum absolute atomic E-state index is 0.343. The second-order valence-corrected chi connectivity index (χ2v) is 8.41. The fourth-order valence-corrected chi connectivity index (χ4v) is 4.70. The third-order valence-corrected chi connectivity index (χ3v) is 6.13. The highest BCUT2D eigenvalue weighted by Crippen LogP contribution is 2.20. The van der Waals surface area contributed by atoms with Gasteiger partial charge in [-0.3, -0.25) is 0 Å². The van der Waals surface area contributed by atoms with Crippen LogP contribution in [-0.2, 0) is 9.84 Å². The van der Waals surface area contributed by atoms with E-state index in [1.165, 1.54) is 12.2 Å². The normalized spacial score (nSPS) is 26.0. The largest absolute Gasteiger partial charge is 0.303 e. The fourth-order valence-electron chi connectivity index (χ4n) is 2.36. The summed E-state index contributed by atoms with van der Waals surface area (Å²) in [7, 11) is -0.634. The summed E-state index contributed by atoms with van der Waals surface area (Å²) in [4.78, 5) is 2.32. The Bertz CT molecular complexity index is 316. The molecule has 102 valence electrons. The van der Waals surface area contributed by atoms with E-state index in [1.807, 2.05) is 11.8 Å². The minimum Gasteiger partial charge on any atom is -0.303 e. The van der Waals surface area contributed by atoms with E-state index in [4.69, 9.17) is 0 Å². The maximum Gasteiger partial charge on any atom is 0.150 e. The zero-order chi connectivity index (χ0) is 12.9. The molecule has 1 rings (SSSR count). The number of nitrogens with zero attached hydrogens (tertiary/aromatic N) is 1. The van der Waals surface area contributed by atoms with Gasteiger partial charge in [0.05, 0.1) is 11.5 Å². The van der Waals surface area contributed by atoms with Crippen molar-refractivity contribution < 1.29 is 8.42 Å². The van der Waals surface area contributed by atoms with Gasteiger partial charge in [0.2, 0.25) is 0 Å². The van der Waals surface area contributed by atoms with Crippen LogP contribution in [0.25, 0.3) is 0 Å². The first kappa shape index (κ1) is 15.3. The van der Waals surface area contributed by atoms with E-state index >= 15 is 0 Å². The molecule has 0 radical (unpaired) electrons. The van der Waals surface area contributed by atoms with Gasteiger partial charge in [-0.05, 0) is 51.2 Å². The van der Waals surface area contributed by atoms with Crippen LogP contribution < -0.4 is 0 Å². The molecule has 0 bridgehead atoms. The maximum absolute atomic E-state index is 11.6. The quantitative estimate of drug-likeness (QED) is 0.744. The zero-order valence-electron chi connectivity index (χ0n) is 11.2. The Balaban J connectivity index is 2.37. The molecule has 3 nitrogen and oxygen atoms in total. The van der Waals surface area contributed by atoms with Crippen LogP contribution in [0.5, 0.6) is 0 Å². The summed E-state index contributed by atoms with van der Waals surface area (Å²) in [6.07, 6.45) is 5.22. The molecule has 0 unspecified atom stereocenters. The predicted octanol–water partition coefficient (Wildman–Crippen LogP) is 1.88. The molecule has 1 aliphatic heterocycles. The second-order valence-electron chi connectivity index (χ2n) is 5.19. The zero-order valence-corrected chi connectivity index (χ0v) is 12.8. The standard InChI is InChI=1S/C12H25NO2S2/c1-11(6-7-16-3)13(2)9-12-5-4-8-17(14,15)10-12/h11-12H,4-10H2,1-3H3/t11-,12-/m1/s1. The average Bonchev–Trinajstić information content (AvgIpc) is 2.24. The molecule has 1 fully saturated rings. The number of thioether (sulfide) groups is 1. The third kappa shape index (κ3) is 5.62. The van der Waals surface area contributed by atoms with Crippen LogP contribution in [0.4, 0.5) is 0 Å². The van der Waals surface area contributed by atoms with E-state index in [0.717, 1.165) is 19.4 Å². The topological polar surface area (TPSA) is 37.4 Å². The summed E-state index contributed by atoms with van der Waals surface area (Å²) in [6.45, 7) is 3.16. The summed E-state index contributed by atoms with van der Waals surface area (Å²) >= 11 is 1.87. The summed E-state index contributed by atoms with van der Waals surface area (Å²) in [6, 6.07) is 0.548. The van der Waals surface area contributed by atoms with Crippen molar-refractivity contribution in [3.8, 4) is 0 Å². The van der Waals surface area contributed by atoms with Crippen molar-refractivity contribution in [1.29, 1.82) is 0 Å². The number of rotatable bonds is 6. The second kappa shape index (κ2) is 7.00. The van der Waals surface area contributed by atoms with Gasteiger partial charge in [-0.1, -0.05) is 0 Å². The molecule has 17 heavy (non-hydrogen) atoms. The lowest BCUT2D eigenvalue weighted by molar-refractivity contribution is 0.214. The number of hydrogen-bond acceptors (Lipinski definition) is 4. The van der Waals surface area contributed by atoms with E-state index in [2.05, 4.69) is 25.1 Å². The molecule has 2 atom stereocenters. The Kier molecular flexibility index (Phi) is 6.31. The van der Waals surface area contributed by atoms with Gasteiger partial charge in [-0.25, -0.2) is 8.42 Å². The van der Waals surface area contributed by atoms with Crippen LogP contribution in [0.2, 0.25) is 0 Å². The van der Waals surface area contributed by atoms with Crippen molar-refractivity contribution in [3.05, 3.63) is 0 Å². The van der Waals surface area contributed by atoms with Crippen LogP contribution in [0, 0.1) is 5.92 Å². The smallest absolute Gasteiger partial charge is 0.150 e. The summed E-state index contributed by atoms with van der Waals surface area (Å²) in [5.41, 5.74) is 0. The predicted molar refractivity (Wildman–Crippen MR) is 76.5 cm³/mol. The molecule has 0 N–H and O–H groups in total. The van der Waals surface area contributed by atoms with Gasteiger partial charge in [-0.15, -0.1) is 0 Å². The van der Waals surface area contributed by atoms with E-state index in [-0.39, 0.29) is 0 Å². The highest BCUT2D eigenvalue weighted by atomic mass is 32.2. The van der Waals surface area contributed by atoms with Crippen molar-refractivity contribution in [3.63, 3.8) is 0 Å². The first-order chi connectivity index (χ1) is 7.94. The van der Waals surface area contributed by atoms with Crippen LogP contribution in [0.3, 0.4) is 0 Å². The maximum atomic E-state index is 11.6. The van der Waals surface area contributed by atoms with E-state index < -0.39 is 9.84 Å². The van der Waals surface area contributed by atoms with Gasteiger partial charge in [0.15, 0.2) is 9.84 Å². The summed E-state index contributed by atoms with van der Waals surface area (Å²) in [5.74, 6) is 2.31. The lowest BCUT2D eigenvalue weighted by Gasteiger charge is -2.30. The highest BCUT2D eigenvalue weighted by molar-refractivity contribution is 7.98. The molecule has 0 aromatic carbocycles. The van der Waals surface area contributed by atoms with E-state index in [1.54, 1.807) is 0 Å². The average molecular weight is 279 g/mol. The molecule has 0 spiro atoms. The molecular formula is C12H25NO2S2. The van der Waals surface area contributed by atoms with Gasteiger partial charge in [-0.2, -0.15) is 11.8 Å². The van der Waals surface area contributed by atoms with Gasteiger partial charge < -0.3 is 4.90 Å². The van der Waals surface area contributed by atoms with Gasteiger partial charge >= 0.3 is 0 Å². The first-order valence-electron chi connectivity index (χ1n) is 6.34. The van der Waals surface area contributed by atoms with Gasteiger partial charge in [0.25, 0.3) is 0 Å². The molecule has 0 aromatic heterocycles. The molecule has 1 saturated heterocycles. The van der Waals surface area contributed by atoms with Gasteiger partial charge in [0, 0.05) is 12.6 Å². The van der Waals surface area contributed by atoms with Crippen molar-refractivity contribution in [2.45, 2.75) is 32.2 Å². The molecule has 0 aliphatic carbocycles. The fraction of sp³-hybridized carbons (Fsp3) is 1.00. The Labute approximate surface area is 110 Å². The molecule has 0 saturated carbocycles. The lowest BCUT2D eigenvalue weighted by Crippen LogP contribution is -2.38. The lowest BCUT2D eigenvalue weighted by atomic mass is 10.0. The molecule has 1 aliphatic rings. The van der Waals surface area contributed by atoms with Crippen molar-refractivity contribution >= 4 is 21.6 Å². The van der Waals surface area contributed by atoms with Crippen LogP contribution in [0.15, 0.2) is 0 Å². The van der Waals surface area contributed by atoms with Crippen molar-refractivity contribution in [1.82, 2.24) is 4.90 Å². The monoisotopic (exact) mass is 279 g/mol. The molecule has 5 heteroatoms. The van der Waals surface area contributed by atoms with E-state index in [9.17, 15) is 8.42 Å². The van der Waals surface area contributed by atoms with Crippen LogP contribution >= 0.6 is 11.8 Å². The Morgan fingerprint density at radius 3 is 2.76 bits per heavy atom. The number of sulfone groups is 1. The van der Waals surface area contributed by atoms with Gasteiger partial charge in [0.1, 0.15) is 0 Å². The Morgan fingerprint density at radius 2 is 2.18 bits per heavy atom. The molecule has 0 aromatic rings. The molecule has 0 amide bonds. The SMILES string of the molecule is CSCC[C@@H](C)N(C)C[C@H]1CCCS(=O)(=O)C1. The van der Waals surface area contributed by atoms with E-state index in [0.29, 0.717) is 23.5 Å². The first-order valence-corrected chi connectivity index (χ1v) is 9.55. The third-order valence-electron chi connectivity index (χ3n) is 3.60. The Morgan fingerprint density at radius 1 is 1.47 bits per heavy atom. The molecule has 1 heterocycles. The van der Waals surface area contributed by atoms with Crippen molar-refractivity contribution in [2.75, 3.05) is 37.1 Å². The number of hydrogen-bond donors (Lipinski definition) is 0. The summed E-state index contributed by atoms with van der Waals surface area (Å²) < 4.78 is 23.1. The van der Waals surface area contributed by atoms with Crippen molar-refractivity contribution in [2.24, 2.45) is 5.92 Å².